The molecule has 1 saturated heterocycles. The molecule has 0 unspecified atom stereocenters. The number of aromatic nitrogens is 2. The molecule has 1 aliphatic heterocycles. The lowest BCUT2D eigenvalue weighted by Crippen LogP contribution is -2.36. The van der Waals surface area contributed by atoms with E-state index in [1.54, 1.807) is 30.5 Å². The van der Waals surface area contributed by atoms with E-state index in [4.69, 9.17) is 5.26 Å². The van der Waals surface area contributed by atoms with E-state index in [-0.39, 0.29) is 24.2 Å². The van der Waals surface area contributed by atoms with Crippen LogP contribution in [0.25, 0.3) is 22.6 Å². The molecule has 1 aliphatic rings. The molecule has 0 bridgehead atoms. The molecule has 35 heavy (non-hydrogen) atoms. The number of allylic oxidation sites excluding steroid dienone is 1. The van der Waals surface area contributed by atoms with Gasteiger partial charge in [-0.3, -0.25) is 19.4 Å². The number of carbonyl (C=O) groups excluding carboxylic acids is 2. The Hall–Kier alpha value is -4.19. The summed E-state index contributed by atoms with van der Waals surface area (Å²) in [5.74, 6) is -4.06. The zero-order chi connectivity index (χ0) is 25.2. The van der Waals surface area contributed by atoms with Gasteiger partial charge in [0.15, 0.2) is 5.78 Å². The highest BCUT2D eigenvalue weighted by Gasteiger charge is 2.47. The van der Waals surface area contributed by atoms with Gasteiger partial charge in [-0.2, -0.15) is 5.26 Å². The highest BCUT2D eigenvalue weighted by Crippen LogP contribution is 2.32. The Morgan fingerprint density at radius 1 is 1.26 bits per heavy atom. The van der Waals surface area contributed by atoms with E-state index in [0.29, 0.717) is 16.5 Å². The van der Waals surface area contributed by atoms with Gasteiger partial charge >= 0.3 is 0 Å². The number of H-pyrrole nitrogens is 1. The molecular formula is C26H22F2N4O3. The van der Waals surface area contributed by atoms with Crippen molar-refractivity contribution in [3.63, 3.8) is 0 Å². The minimum atomic E-state index is -3.10. The first kappa shape index (κ1) is 24.0. The first-order valence-corrected chi connectivity index (χ1v) is 11.0. The molecule has 0 saturated carbocycles. The van der Waals surface area contributed by atoms with Gasteiger partial charge in [0.2, 0.25) is 11.5 Å². The van der Waals surface area contributed by atoms with Gasteiger partial charge in [0, 0.05) is 48.7 Å². The quantitative estimate of drug-likeness (QED) is 0.537. The van der Waals surface area contributed by atoms with Gasteiger partial charge in [-0.15, -0.1) is 0 Å². The Labute approximate surface area is 199 Å². The number of halogens is 2. The number of nitrogens with one attached hydrogen (secondary N) is 1. The number of rotatable bonds is 6. The van der Waals surface area contributed by atoms with E-state index >= 15 is 0 Å². The van der Waals surface area contributed by atoms with Crippen LogP contribution < -0.4 is 5.56 Å². The van der Waals surface area contributed by atoms with E-state index in [0.717, 1.165) is 21.6 Å². The van der Waals surface area contributed by atoms with Crippen molar-refractivity contribution in [2.75, 3.05) is 6.54 Å². The Balaban J connectivity index is 1.55. The van der Waals surface area contributed by atoms with E-state index in [9.17, 15) is 23.2 Å². The molecule has 0 aliphatic carbocycles. The molecule has 178 valence electrons. The number of Topliss-reactive ketones (excluding diaryl/α,β-unsaturated/α-hetero) is 1. The fourth-order valence-corrected chi connectivity index (χ4v) is 4.21. The molecule has 0 radical (unpaired) electrons. The lowest BCUT2D eigenvalue weighted by Gasteiger charge is -2.18. The number of aromatic amines is 1. The number of hydrogen-bond donors (Lipinski definition) is 1. The maximum Gasteiger partial charge on any atom is 0.268 e. The number of fused-ring (bicyclic) bond motifs is 1. The summed E-state index contributed by atoms with van der Waals surface area (Å²) in [7, 11) is 0. The van der Waals surface area contributed by atoms with E-state index < -0.39 is 30.8 Å². The monoisotopic (exact) mass is 476 g/mol. The van der Waals surface area contributed by atoms with E-state index in [2.05, 4.69) is 9.97 Å². The number of pyridine rings is 2. The van der Waals surface area contributed by atoms with Crippen LogP contribution >= 0.6 is 0 Å². The molecule has 1 atom stereocenters. The highest BCUT2D eigenvalue weighted by molar-refractivity contribution is 6.08. The minimum absolute atomic E-state index is 0.177. The van der Waals surface area contributed by atoms with Crippen LogP contribution in [-0.4, -0.2) is 45.1 Å². The summed E-state index contributed by atoms with van der Waals surface area (Å²) in [6, 6.07) is 10.8. The van der Waals surface area contributed by atoms with Gasteiger partial charge in [0.1, 0.15) is 6.04 Å². The molecule has 0 spiro atoms. The molecule has 1 amide bonds. The summed E-state index contributed by atoms with van der Waals surface area (Å²) in [5, 5.41) is 9.70. The number of nitriles is 1. The third-order valence-corrected chi connectivity index (χ3v) is 5.98. The Morgan fingerprint density at radius 3 is 2.80 bits per heavy atom. The van der Waals surface area contributed by atoms with Crippen molar-refractivity contribution in [2.45, 2.75) is 38.2 Å². The molecule has 1 aromatic carbocycles. The molecule has 7 nitrogen and oxygen atoms in total. The SMILES string of the molecule is C/C(=C\c1cc[nH]c(=O)c1)c1ccc2nccc(C(=O)CCC(=O)N3CC(F)(F)C[C@H]3C#N)c2c1. The average Bonchev–Trinajstić information content (AvgIpc) is 3.16. The zero-order valence-corrected chi connectivity index (χ0v) is 18.9. The summed E-state index contributed by atoms with van der Waals surface area (Å²) in [6.07, 6.45) is 3.78. The van der Waals surface area contributed by atoms with Crippen LogP contribution in [0.1, 0.15) is 47.7 Å². The predicted molar refractivity (Wildman–Crippen MR) is 127 cm³/mol. The van der Waals surface area contributed by atoms with Crippen LogP contribution in [0.5, 0.6) is 0 Å². The van der Waals surface area contributed by atoms with Gasteiger partial charge < -0.3 is 9.88 Å². The highest BCUT2D eigenvalue weighted by atomic mass is 19.3. The zero-order valence-electron chi connectivity index (χ0n) is 18.9. The lowest BCUT2D eigenvalue weighted by molar-refractivity contribution is -0.132. The normalized spacial score (nSPS) is 17.4. The second-order valence-electron chi connectivity index (χ2n) is 8.55. The molecular weight excluding hydrogens is 454 g/mol. The molecule has 3 aromatic rings. The number of hydrogen-bond acceptors (Lipinski definition) is 5. The first-order chi connectivity index (χ1) is 16.7. The number of ketones is 1. The lowest BCUT2D eigenvalue weighted by atomic mass is 9.97. The molecule has 2 aromatic heterocycles. The Morgan fingerprint density at radius 2 is 2.06 bits per heavy atom. The molecule has 1 N–H and O–H groups in total. The minimum Gasteiger partial charge on any atom is -0.329 e. The van der Waals surface area contributed by atoms with Crippen molar-refractivity contribution < 1.29 is 18.4 Å². The van der Waals surface area contributed by atoms with Crippen molar-refractivity contribution in [3.8, 4) is 6.07 Å². The summed E-state index contributed by atoms with van der Waals surface area (Å²) in [6.45, 7) is 1.08. The largest absolute Gasteiger partial charge is 0.329 e. The van der Waals surface area contributed by atoms with Crippen LogP contribution in [0.2, 0.25) is 0 Å². The molecule has 9 heteroatoms. The fourth-order valence-electron chi connectivity index (χ4n) is 4.21. The Kier molecular flexibility index (Phi) is 6.56. The maximum atomic E-state index is 13.7. The van der Waals surface area contributed by atoms with Gasteiger partial charge in [0.25, 0.3) is 5.92 Å². The van der Waals surface area contributed by atoms with E-state index in [1.807, 2.05) is 25.1 Å². The average molecular weight is 476 g/mol. The second-order valence-corrected chi connectivity index (χ2v) is 8.55. The standard InChI is InChI=1S/C26H22F2N4O3/c1-16(10-17-6-8-31-24(34)11-17)18-2-3-22-21(12-18)20(7-9-30-22)23(33)4-5-25(35)32-15-26(27,28)13-19(32)14-29/h2-3,6-12,19H,4-5,13,15H2,1H3,(H,31,34)/b16-10+/t19-/m0/s1. The predicted octanol–water partition coefficient (Wildman–Crippen LogP) is 4.21. The number of alkyl halides is 2. The van der Waals surface area contributed by atoms with Crippen molar-refractivity contribution in [3.05, 3.63) is 75.8 Å². The van der Waals surface area contributed by atoms with E-state index in [1.165, 1.54) is 12.3 Å². The second kappa shape index (κ2) is 9.58. The van der Waals surface area contributed by atoms with Crippen LogP contribution in [0.3, 0.4) is 0 Å². The molecule has 3 heterocycles. The number of nitrogens with zero attached hydrogens (tertiary/aromatic N) is 3. The summed E-state index contributed by atoms with van der Waals surface area (Å²) in [4.78, 5) is 44.8. The van der Waals surface area contributed by atoms with Crippen molar-refractivity contribution in [1.29, 1.82) is 5.26 Å². The Bertz CT molecular complexity index is 1440. The van der Waals surface area contributed by atoms with Crippen LogP contribution in [0, 0.1) is 11.3 Å². The number of amides is 1. The van der Waals surface area contributed by atoms with Gasteiger partial charge in [-0.1, -0.05) is 12.1 Å². The van der Waals surface area contributed by atoms with Gasteiger partial charge in [-0.05, 0) is 47.9 Å². The molecule has 4 rings (SSSR count). The topological polar surface area (TPSA) is 107 Å². The number of carbonyl (C=O) groups is 2. The molecule has 1 fully saturated rings. The fraction of sp³-hybridized carbons (Fsp3) is 0.269. The first-order valence-electron chi connectivity index (χ1n) is 11.0. The van der Waals surface area contributed by atoms with Crippen molar-refractivity contribution in [2.24, 2.45) is 0 Å². The van der Waals surface area contributed by atoms with Crippen LogP contribution in [-0.2, 0) is 4.79 Å². The van der Waals surface area contributed by atoms with Gasteiger partial charge in [-0.25, -0.2) is 8.78 Å². The third kappa shape index (κ3) is 5.32. The third-order valence-electron chi connectivity index (χ3n) is 5.98. The number of benzene rings is 1. The number of likely N-dealkylation sites (tertiary alicyclic amines) is 1. The van der Waals surface area contributed by atoms with Crippen LogP contribution in [0.15, 0.2) is 53.6 Å². The maximum absolute atomic E-state index is 13.7. The summed E-state index contributed by atoms with van der Waals surface area (Å²) < 4.78 is 27.3. The van der Waals surface area contributed by atoms with Crippen molar-refractivity contribution in [1.82, 2.24) is 14.9 Å². The summed E-state index contributed by atoms with van der Waals surface area (Å²) in [5.41, 5.74) is 3.18. The summed E-state index contributed by atoms with van der Waals surface area (Å²) >= 11 is 0. The smallest absolute Gasteiger partial charge is 0.268 e. The van der Waals surface area contributed by atoms with Crippen LogP contribution in [0.4, 0.5) is 8.78 Å². The van der Waals surface area contributed by atoms with Crippen molar-refractivity contribution >= 4 is 34.2 Å². The van der Waals surface area contributed by atoms with Gasteiger partial charge in [0.05, 0.1) is 18.1 Å².